The van der Waals surface area contributed by atoms with Crippen molar-refractivity contribution in [2.75, 3.05) is 10.6 Å². The summed E-state index contributed by atoms with van der Waals surface area (Å²) in [6, 6.07) is 19.9. The molecule has 3 aromatic carbocycles. The lowest BCUT2D eigenvalue weighted by molar-refractivity contribution is 0.101. The minimum atomic E-state index is -3.86. The first-order valence-corrected chi connectivity index (χ1v) is 11.9. The number of amides is 2. The van der Waals surface area contributed by atoms with Gasteiger partial charge in [-0.2, -0.15) is 0 Å². The van der Waals surface area contributed by atoms with Crippen LogP contribution >= 0.6 is 0 Å². The van der Waals surface area contributed by atoms with Gasteiger partial charge in [-0.15, -0.1) is 0 Å². The number of rotatable bonds is 6. The number of sulfonamides is 1. The number of carbonyl (C=O) groups is 2. The van der Waals surface area contributed by atoms with Crippen molar-refractivity contribution in [1.29, 1.82) is 0 Å². The lowest BCUT2D eigenvalue weighted by atomic mass is 10.1. The maximum absolute atomic E-state index is 13.0. The number of aryl methyl sites for hydroxylation is 1. The Morgan fingerprint density at radius 2 is 1.30 bits per heavy atom. The predicted octanol–water partition coefficient (Wildman–Crippen LogP) is 4.58. The minimum absolute atomic E-state index is 0.0296. The average molecular weight is 466 g/mol. The third-order valence-electron chi connectivity index (χ3n) is 4.65. The van der Waals surface area contributed by atoms with Gasteiger partial charge in [0.2, 0.25) is 10.0 Å². The van der Waals surface area contributed by atoms with Gasteiger partial charge in [-0.1, -0.05) is 36.4 Å². The third kappa shape index (κ3) is 6.27. The van der Waals surface area contributed by atoms with Gasteiger partial charge < -0.3 is 10.6 Å². The molecule has 0 aliphatic rings. The van der Waals surface area contributed by atoms with E-state index in [-0.39, 0.29) is 22.1 Å². The van der Waals surface area contributed by atoms with Crippen LogP contribution in [-0.4, -0.2) is 25.8 Å². The Morgan fingerprint density at radius 3 is 1.97 bits per heavy atom. The molecule has 0 atom stereocenters. The van der Waals surface area contributed by atoms with Crippen molar-refractivity contribution in [2.45, 2.75) is 38.1 Å². The molecule has 0 bridgehead atoms. The van der Waals surface area contributed by atoms with Crippen molar-refractivity contribution in [3.05, 3.63) is 89.5 Å². The second-order valence-corrected chi connectivity index (χ2v) is 10.3. The lowest BCUT2D eigenvalue weighted by Gasteiger charge is -2.21. The first kappa shape index (κ1) is 24.2. The molecule has 172 valence electrons. The van der Waals surface area contributed by atoms with Crippen LogP contribution in [0.2, 0.25) is 0 Å². The Labute approximate surface area is 194 Å². The molecular weight excluding hydrogens is 438 g/mol. The Bertz CT molecular complexity index is 1280. The number of anilines is 2. The number of hydrogen-bond donors (Lipinski definition) is 3. The molecule has 0 aromatic heterocycles. The van der Waals surface area contributed by atoms with E-state index in [9.17, 15) is 18.0 Å². The molecule has 0 saturated carbocycles. The van der Waals surface area contributed by atoms with Crippen LogP contribution in [0.1, 0.15) is 47.1 Å². The topological polar surface area (TPSA) is 104 Å². The van der Waals surface area contributed by atoms with E-state index in [1.54, 1.807) is 75.4 Å². The van der Waals surface area contributed by atoms with Crippen LogP contribution in [0.15, 0.2) is 77.7 Å². The maximum Gasteiger partial charge on any atom is 0.255 e. The van der Waals surface area contributed by atoms with E-state index in [4.69, 9.17) is 0 Å². The molecule has 0 heterocycles. The molecule has 0 spiro atoms. The Kier molecular flexibility index (Phi) is 7.00. The summed E-state index contributed by atoms with van der Waals surface area (Å²) in [5, 5.41) is 5.50. The van der Waals surface area contributed by atoms with Crippen molar-refractivity contribution in [3.8, 4) is 0 Å². The zero-order chi connectivity index (χ0) is 24.2. The summed E-state index contributed by atoms with van der Waals surface area (Å²) in [4.78, 5) is 25.5. The molecule has 0 aliphatic carbocycles. The number of nitrogens with one attached hydrogen (secondary N) is 3. The fraction of sp³-hybridized carbons (Fsp3) is 0.200. The van der Waals surface area contributed by atoms with Crippen molar-refractivity contribution in [2.24, 2.45) is 0 Å². The van der Waals surface area contributed by atoms with Gasteiger partial charge in [-0.05, 0) is 69.7 Å². The van der Waals surface area contributed by atoms with E-state index in [1.807, 2.05) is 13.0 Å². The quantitative estimate of drug-likeness (QED) is 0.496. The highest BCUT2D eigenvalue weighted by Gasteiger charge is 2.25. The van der Waals surface area contributed by atoms with Crippen LogP contribution in [-0.2, 0) is 10.0 Å². The highest BCUT2D eigenvalue weighted by molar-refractivity contribution is 7.89. The first-order chi connectivity index (χ1) is 15.5. The predicted molar refractivity (Wildman–Crippen MR) is 130 cm³/mol. The first-order valence-electron chi connectivity index (χ1n) is 10.4. The normalized spacial score (nSPS) is 11.6. The largest absolute Gasteiger partial charge is 0.322 e. The minimum Gasteiger partial charge on any atom is -0.322 e. The van der Waals surface area contributed by atoms with Crippen LogP contribution in [0.25, 0.3) is 0 Å². The molecule has 3 N–H and O–H groups in total. The molecule has 0 radical (unpaired) electrons. The monoisotopic (exact) mass is 465 g/mol. The van der Waals surface area contributed by atoms with Crippen LogP contribution in [0.5, 0.6) is 0 Å². The van der Waals surface area contributed by atoms with Crippen molar-refractivity contribution < 1.29 is 18.0 Å². The standard InChI is InChI=1S/C25H27N3O4S/c1-17-14-15-19(16-21(17)27-23(29)18-10-6-5-7-11-18)24(30)26-20-12-8-9-13-22(20)33(31,32)28-25(2,3)4/h5-16,28H,1-4H3,(H,26,30)(H,27,29). The van der Waals surface area contributed by atoms with Gasteiger partial charge in [-0.25, -0.2) is 13.1 Å². The smallest absolute Gasteiger partial charge is 0.255 e. The van der Waals surface area contributed by atoms with Crippen LogP contribution in [0, 0.1) is 6.92 Å². The molecule has 3 aromatic rings. The number of benzene rings is 3. The summed E-state index contributed by atoms with van der Waals surface area (Å²) in [5.41, 5.74) is 1.53. The Hall–Kier alpha value is -3.49. The van der Waals surface area contributed by atoms with Crippen LogP contribution in [0.3, 0.4) is 0 Å². The van der Waals surface area contributed by atoms with Gasteiger partial charge in [0.15, 0.2) is 0 Å². The van der Waals surface area contributed by atoms with Gasteiger partial charge in [0.25, 0.3) is 11.8 Å². The number of hydrogen-bond acceptors (Lipinski definition) is 4. The fourth-order valence-electron chi connectivity index (χ4n) is 3.14. The van der Waals surface area contributed by atoms with E-state index >= 15 is 0 Å². The molecule has 0 aliphatic heterocycles. The summed E-state index contributed by atoms with van der Waals surface area (Å²) < 4.78 is 28.3. The highest BCUT2D eigenvalue weighted by Crippen LogP contribution is 2.24. The van der Waals surface area contributed by atoms with Crippen LogP contribution in [0.4, 0.5) is 11.4 Å². The Balaban J connectivity index is 1.85. The van der Waals surface area contributed by atoms with Crippen LogP contribution < -0.4 is 15.4 Å². The molecule has 0 fully saturated rings. The SMILES string of the molecule is Cc1ccc(C(=O)Nc2ccccc2S(=O)(=O)NC(C)(C)C)cc1NC(=O)c1ccccc1. The average Bonchev–Trinajstić information content (AvgIpc) is 2.74. The molecule has 33 heavy (non-hydrogen) atoms. The van der Waals surface area contributed by atoms with Crippen molar-refractivity contribution in [1.82, 2.24) is 4.72 Å². The second kappa shape index (κ2) is 9.56. The molecule has 0 saturated heterocycles. The van der Waals surface area contributed by atoms with E-state index in [0.29, 0.717) is 11.3 Å². The Morgan fingerprint density at radius 1 is 0.727 bits per heavy atom. The van der Waals surface area contributed by atoms with Crippen molar-refractivity contribution >= 4 is 33.2 Å². The summed E-state index contributed by atoms with van der Waals surface area (Å²) in [6.07, 6.45) is 0. The number of para-hydroxylation sites is 1. The zero-order valence-corrected chi connectivity index (χ0v) is 19.8. The fourth-order valence-corrected chi connectivity index (χ4v) is 4.72. The molecule has 0 unspecified atom stereocenters. The molecule has 8 heteroatoms. The van der Waals surface area contributed by atoms with Gasteiger partial charge in [0, 0.05) is 22.4 Å². The van der Waals surface area contributed by atoms with Gasteiger partial charge in [-0.3, -0.25) is 9.59 Å². The summed E-state index contributed by atoms with van der Waals surface area (Å²) in [7, 11) is -3.86. The zero-order valence-electron chi connectivity index (χ0n) is 19.0. The summed E-state index contributed by atoms with van der Waals surface area (Å²) in [6.45, 7) is 7.04. The molecule has 2 amide bonds. The van der Waals surface area contributed by atoms with E-state index in [0.717, 1.165) is 5.56 Å². The van der Waals surface area contributed by atoms with E-state index < -0.39 is 21.5 Å². The van der Waals surface area contributed by atoms with Gasteiger partial charge >= 0.3 is 0 Å². The van der Waals surface area contributed by atoms with Gasteiger partial charge in [0.05, 0.1) is 5.69 Å². The lowest BCUT2D eigenvalue weighted by Crippen LogP contribution is -2.40. The maximum atomic E-state index is 13.0. The molecular formula is C25H27N3O4S. The van der Waals surface area contributed by atoms with E-state index in [1.165, 1.54) is 12.1 Å². The summed E-state index contributed by atoms with van der Waals surface area (Å²) in [5.74, 6) is -0.787. The number of carbonyl (C=O) groups excluding carboxylic acids is 2. The third-order valence-corrected chi connectivity index (χ3v) is 6.47. The summed E-state index contributed by atoms with van der Waals surface area (Å²) >= 11 is 0. The molecule has 7 nitrogen and oxygen atoms in total. The second-order valence-electron chi connectivity index (χ2n) is 8.66. The van der Waals surface area contributed by atoms with Gasteiger partial charge in [0.1, 0.15) is 4.90 Å². The van der Waals surface area contributed by atoms with Crippen molar-refractivity contribution in [3.63, 3.8) is 0 Å². The molecule has 3 rings (SSSR count). The highest BCUT2D eigenvalue weighted by atomic mass is 32.2. The van der Waals surface area contributed by atoms with E-state index in [2.05, 4.69) is 15.4 Å².